The minimum Gasteiger partial charge on any atom is -0.744 e. The first-order chi connectivity index (χ1) is 13.7. The van der Waals surface area contributed by atoms with Gasteiger partial charge >= 0.3 is 41.3 Å². The summed E-state index contributed by atoms with van der Waals surface area (Å²) in [6.45, 7) is 0. The van der Waals surface area contributed by atoms with Crippen LogP contribution in [0.3, 0.4) is 0 Å². The number of anilines is 1. The molecule has 15 heteroatoms. The molecule has 0 radical (unpaired) electrons. The van der Waals surface area contributed by atoms with Crippen LogP contribution in [0, 0.1) is 10.1 Å². The Labute approximate surface area is 191 Å². The van der Waals surface area contributed by atoms with Crippen LogP contribution in [0.25, 0.3) is 5.69 Å². The number of nitrogens with one attached hydrogen (secondary N) is 2. The number of benzene rings is 2. The van der Waals surface area contributed by atoms with Gasteiger partial charge < -0.3 is 14.6 Å². The van der Waals surface area contributed by atoms with Crippen LogP contribution in [0.4, 0.5) is 11.4 Å². The summed E-state index contributed by atoms with van der Waals surface area (Å²) in [6.07, 6.45) is 0. The molecule has 0 aliphatic carbocycles. The summed E-state index contributed by atoms with van der Waals surface area (Å²) in [6, 6.07) is 9.84. The van der Waals surface area contributed by atoms with Crippen molar-refractivity contribution in [1.82, 2.24) is 15.5 Å². The number of amides is 1. The maximum absolute atomic E-state index is 12.5. The first kappa shape index (κ1) is 23.4. The van der Waals surface area contributed by atoms with Crippen LogP contribution < -0.4 is 44.3 Å². The van der Waals surface area contributed by atoms with E-state index in [2.05, 4.69) is 20.8 Å². The Morgan fingerprint density at radius 3 is 2.50 bits per heavy atom. The number of carbonyl (C=O) groups excluding carboxylic acids is 1. The molecule has 0 saturated heterocycles. The van der Waals surface area contributed by atoms with Crippen LogP contribution in [0.1, 0.15) is 10.6 Å². The van der Waals surface area contributed by atoms with E-state index in [0.717, 1.165) is 10.7 Å². The third-order valence-electron chi connectivity index (χ3n) is 3.70. The minimum atomic E-state index is -5.21. The van der Waals surface area contributed by atoms with Gasteiger partial charge in [-0.3, -0.25) is 14.9 Å². The molecule has 30 heavy (non-hydrogen) atoms. The predicted octanol–water partition coefficient (Wildman–Crippen LogP) is -2.84. The fourth-order valence-corrected chi connectivity index (χ4v) is 3.10. The number of nitrogens with zero attached hydrogens (tertiary/aromatic N) is 4. The summed E-state index contributed by atoms with van der Waals surface area (Å²) in [4.78, 5) is 21.6. The molecule has 1 heterocycles. The molecule has 0 unspecified atom stereocenters. The van der Waals surface area contributed by atoms with Crippen LogP contribution in [0.5, 0.6) is 5.75 Å². The number of methoxy groups -OCH3 is 1. The molecular formula is C15H12N6NaO7S+. The van der Waals surface area contributed by atoms with Gasteiger partial charge in [-0.2, -0.15) is 0 Å². The van der Waals surface area contributed by atoms with Gasteiger partial charge in [0, 0.05) is 11.8 Å². The van der Waals surface area contributed by atoms with Crippen molar-refractivity contribution in [2.75, 3.05) is 12.4 Å². The Hall–Kier alpha value is -2.91. The zero-order valence-electron chi connectivity index (χ0n) is 15.6. The van der Waals surface area contributed by atoms with Crippen molar-refractivity contribution in [3.8, 4) is 11.4 Å². The van der Waals surface area contributed by atoms with Crippen molar-refractivity contribution in [2.45, 2.75) is 4.90 Å². The van der Waals surface area contributed by atoms with E-state index in [4.69, 9.17) is 4.74 Å². The zero-order chi connectivity index (χ0) is 21.2. The van der Waals surface area contributed by atoms with Gasteiger partial charge in [-0.25, -0.2) is 8.42 Å². The van der Waals surface area contributed by atoms with Gasteiger partial charge in [-0.15, -0.1) is 4.68 Å². The fourth-order valence-electron chi connectivity index (χ4n) is 2.45. The molecule has 150 valence electrons. The van der Waals surface area contributed by atoms with Crippen molar-refractivity contribution < 1.29 is 61.7 Å². The first-order valence-electron chi connectivity index (χ1n) is 7.74. The molecule has 0 fully saturated rings. The van der Waals surface area contributed by atoms with Gasteiger partial charge in [-0.1, -0.05) is 23.4 Å². The van der Waals surface area contributed by atoms with Crippen molar-refractivity contribution in [2.24, 2.45) is 0 Å². The summed E-state index contributed by atoms with van der Waals surface area (Å²) >= 11 is 0. The largest absolute Gasteiger partial charge is 1.00 e. The predicted molar refractivity (Wildman–Crippen MR) is 93.5 cm³/mol. The van der Waals surface area contributed by atoms with Gasteiger partial charge in [0.1, 0.15) is 20.1 Å². The molecule has 2 aromatic carbocycles. The summed E-state index contributed by atoms with van der Waals surface area (Å²) in [5.41, 5.74) is -0.717. The maximum atomic E-state index is 12.5. The molecule has 0 aliphatic rings. The number of H-pyrrole nitrogens is 1. The van der Waals surface area contributed by atoms with Crippen LogP contribution in [-0.4, -0.2) is 46.4 Å². The summed E-state index contributed by atoms with van der Waals surface area (Å²) in [5, 5.41) is 23.2. The topological polar surface area (TPSA) is 184 Å². The molecule has 13 nitrogen and oxygen atoms in total. The molecule has 1 amide bonds. The number of carbonyl (C=O) groups is 1. The Kier molecular flexibility index (Phi) is 7.22. The minimum absolute atomic E-state index is 0. The maximum Gasteiger partial charge on any atom is 1.00 e. The number of para-hydroxylation sites is 1. The average molecular weight is 443 g/mol. The van der Waals surface area contributed by atoms with E-state index >= 15 is 0 Å². The van der Waals surface area contributed by atoms with Crippen molar-refractivity contribution in [3.63, 3.8) is 0 Å². The number of hydrogen-bond acceptors (Lipinski definition) is 9. The number of nitro benzene ring substituents is 1. The summed E-state index contributed by atoms with van der Waals surface area (Å²) in [7, 11) is -4.05. The molecule has 3 rings (SSSR count). The van der Waals surface area contributed by atoms with Crippen LogP contribution in [0.15, 0.2) is 47.4 Å². The van der Waals surface area contributed by atoms with E-state index in [-0.39, 0.29) is 46.8 Å². The Bertz CT molecular complexity index is 1200. The van der Waals surface area contributed by atoms with Gasteiger partial charge in [0.05, 0.1) is 18.1 Å². The van der Waals surface area contributed by atoms with Crippen molar-refractivity contribution in [1.29, 1.82) is 0 Å². The monoisotopic (exact) mass is 443 g/mol. The molecular weight excluding hydrogens is 431 g/mol. The molecule has 0 bridgehead atoms. The second kappa shape index (κ2) is 9.27. The second-order valence-electron chi connectivity index (χ2n) is 5.48. The first-order valence-corrected chi connectivity index (χ1v) is 9.15. The van der Waals surface area contributed by atoms with E-state index in [1.54, 1.807) is 30.3 Å². The second-order valence-corrected chi connectivity index (χ2v) is 6.83. The van der Waals surface area contributed by atoms with E-state index in [1.807, 2.05) is 0 Å². The number of hydrogen-bond donors (Lipinski definition) is 2. The number of nitro groups is 1. The summed E-state index contributed by atoms with van der Waals surface area (Å²) in [5.74, 6) is -1.25. The normalized spacial score (nSPS) is 10.7. The summed E-state index contributed by atoms with van der Waals surface area (Å²) < 4.78 is 40.5. The molecule has 3 aromatic rings. The van der Waals surface area contributed by atoms with E-state index in [1.165, 1.54) is 7.11 Å². The molecule has 0 saturated carbocycles. The number of rotatable bonds is 6. The SMILES string of the molecule is COc1cc([N+](=O)[O-])c(S(=O)(=O)[O-])cc1-[n+]1[nH]nnc1C(=O)Nc1ccccc1.[Na+]. The average Bonchev–Trinajstić information content (AvgIpc) is 3.16. The molecule has 0 spiro atoms. The Morgan fingerprint density at radius 1 is 1.27 bits per heavy atom. The fraction of sp³-hybridized carbons (Fsp3) is 0.0667. The molecule has 0 aliphatic heterocycles. The molecule has 2 N–H and O–H groups in total. The Morgan fingerprint density at radius 2 is 1.93 bits per heavy atom. The third kappa shape index (κ3) is 4.80. The van der Waals surface area contributed by atoms with Gasteiger partial charge in [0.25, 0.3) is 5.69 Å². The third-order valence-corrected chi connectivity index (χ3v) is 4.57. The van der Waals surface area contributed by atoms with Crippen LogP contribution >= 0.6 is 0 Å². The molecule has 1 aromatic heterocycles. The number of aromatic nitrogens is 4. The quantitative estimate of drug-likeness (QED) is 0.133. The molecule has 0 atom stereocenters. The number of ether oxygens (including phenoxy) is 1. The zero-order valence-corrected chi connectivity index (χ0v) is 18.4. The number of tetrazole rings is 1. The van der Waals surface area contributed by atoms with Crippen molar-refractivity contribution in [3.05, 3.63) is 58.4 Å². The standard InChI is InChI=1S/C15H12N6O7S.Na/c1-28-12-7-11(21(23)24)13(29(25,26)27)8-10(12)20-14(17-18-19-20)15(22)16-9-5-3-2-4-6-9;/h2-8H,1H3,(H2,16,22,25,26,27);/q;+1. The van der Waals surface area contributed by atoms with Crippen LogP contribution in [-0.2, 0) is 10.1 Å². The van der Waals surface area contributed by atoms with Crippen molar-refractivity contribution >= 4 is 27.4 Å². The van der Waals surface area contributed by atoms with Gasteiger partial charge in [0.2, 0.25) is 0 Å². The van der Waals surface area contributed by atoms with Gasteiger partial charge in [-0.05, 0) is 12.1 Å². The Balaban J connectivity index is 0.00000320. The van der Waals surface area contributed by atoms with Gasteiger partial charge in [0.15, 0.2) is 16.7 Å². The smallest absolute Gasteiger partial charge is 0.744 e. The van der Waals surface area contributed by atoms with E-state index in [0.29, 0.717) is 11.8 Å². The van der Waals surface area contributed by atoms with Crippen LogP contribution in [0.2, 0.25) is 0 Å². The van der Waals surface area contributed by atoms with E-state index < -0.39 is 31.5 Å². The number of aromatic amines is 1. The van der Waals surface area contributed by atoms with E-state index in [9.17, 15) is 27.9 Å².